The zero-order valence-corrected chi connectivity index (χ0v) is 13.0. The third kappa shape index (κ3) is 2.07. The van der Waals surface area contributed by atoms with Gasteiger partial charge in [-0.2, -0.15) is 4.31 Å². The zero-order chi connectivity index (χ0) is 14.3. The fourth-order valence-corrected chi connectivity index (χ4v) is 5.78. The molecule has 1 aromatic heterocycles. The number of thiophene rings is 1. The van der Waals surface area contributed by atoms with E-state index in [1.54, 1.807) is 7.05 Å². The highest BCUT2D eigenvalue weighted by molar-refractivity contribution is 7.89. The standard InChI is InChI=1S/C14H18N2O2S2/c1-16(10-5-4-6-10)20(17,18)14-11-7-2-3-8-12(11)19-13(14)9-15/h2-3,7-8,10H,4-6,9,15H2,1H3. The van der Waals surface area contributed by atoms with Crippen molar-refractivity contribution in [2.45, 2.75) is 36.7 Å². The summed E-state index contributed by atoms with van der Waals surface area (Å²) in [6.07, 6.45) is 3.02. The third-order valence-corrected chi connectivity index (χ3v) is 7.39. The van der Waals surface area contributed by atoms with E-state index < -0.39 is 10.0 Å². The van der Waals surface area contributed by atoms with Gasteiger partial charge in [0.15, 0.2) is 0 Å². The fourth-order valence-electron chi connectivity index (χ4n) is 2.58. The van der Waals surface area contributed by atoms with Gasteiger partial charge in [0, 0.05) is 34.6 Å². The first-order valence-electron chi connectivity index (χ1n) is 6.74. The van der Waals surface area contributed by atoms with Crippen LogP contribution in [0.3, 0.4) is 0 Å². The zero-order valence-electron chi connectivity index (χ0n) is 11.4. The van der Waals surface area contributed by atoms with Crippen LogP contribution in [0.2, 0.25) is 0 Å². The van der Waals surface area contributed by atoms with Crippen molar-refractivity contribution in [1.82, 2.24) is 4.31 Å². The van der Waals surface area contributed by atoms with Crippen molar-refractivity contribution in [1.29, 1.82) is 0 Å². The quantitative estimate of drug-likeness (QED) is 0.944. The monoisotopic (exact) mass is 310 g/mol. The Kier molecular flexibility index (Phi) is 3.58. The van der Waals surface area contributed by atoms with Gasteiger partial charge >= 0.3 is 0 Å². The first-order chi connectivity index (χ1) is 9.55. The smallest absolute Gasteiger partial charge is 0.244 e. The minimum atomic E-state index is -3.46. The topological polar surface area (TPSA) is 63.4 Å². The fraction of sp³-hybridized carbons (Fsp3) is 0.429. The Morgan fingerprint density at radius 1 is 1.35 bits per heavy atom. The maximum absolute atomic E-state index is 12.9. The van der Waals surface area contributed by atoms with Crippen LogP contribution in [0.1, 0.15) is 24.1 Å². The number of fused-ring (bicyclic) bond motifs is 1. The largest absolute Gasteiger partial charge is 0.326 e. The van der Waals surface area contributed by atoms with Crippen molar-refractivity contribution in [2.75, 3.05) is 7.05 Å². The predicted octanol–water partition coefficient (Wildman–Crippen LogP) is 2.53. The number of rotatable bonds is 4. The molecule has 0 radical (unpaired) electrons. The van der Waals surface area contributed by atoms with E-state index in [4.69, 9.17) is 5.73 Å². The molecule has 2 aromatic rings. The molecule has 2 N–H and O–H groups in total. The van der Waals surface area contributed by atoms with E-state index in [-0.39, 0.29) is 12.6 Å². The Hall–Kier alpha value is -0.950. The average molecular weight is 310 g/mol. The molecule has 0 aliphatic heterocycles. The van der Waals surface area contributed by atoms with Crippen LogP contribution in [0.5, 0.6) is 0 Å². The maximum atomic E-state index is 12.9. The van der Waals surface area contributed by atoms with Gasteiger partial charge in [0.25, 0.3) is 0 Å². The number of nitrogens with zero attached hydrogens (tertiary/aromatic N) is 1. The molecule has 4 nitrogen and oxygen atoms in total. The summed E-state index contributed by atoms with van der Waals surface area (Å²) in [5, 5.41) is 0.795. The lowest BCUT2D eigenvalue weighted by atomic mass is 9.94. The molecule has 1 aromatic carbocycles. The maximum Gasteiger partial charge on any atom is 0.244 e. The van der Waals surface area contributed by atoms with Crippen molar-refractivity contribution in [3.05, 3.63) is 29.1 Å². The SMILES string of the molecule is CN(C1CCC1)S(=O)(=O)c1c(CN)sc2ccccc12. The molecule has 0 unspecified atom stereocenters. The summed E-state index contributed by atoms with van der Waals surface area (Å²) in [5.74, 6) is 0. The van der Waals surface area contributed by atoms with Gasteiger partial charge in [-0.25, -0.2) is 8.42 Å². The summed E-state index contributed by atoms with van der Waals surface area (Å²) in [5.41, 5.74) is 5.76. The van der Waals surface area contributed by atoms with Gasteiger partial charge in [-0.15, -0.1) is 11.3 Å². The second-order valence-corrected chi connectivity index (χ2v) is 8.23. The molecular weight excluding hydrogens is 292 g/mol. The van der Waals surface area contributed by atoms with Gasteiger partial charge in [0.05, 0.1) is 0 Å². The van der Waals surface area contributed by atoms with Crippen LogP contribution in [-0.4, -0.2) is 25.8 Å². The van der Waals surface area contributed by atoms with E-state index in [0.717, 1.165) is 34.2 Å². The van der Waals surface area contributed by atoms with Crippen LogP contribution in [0.4, 0.5) is 0 Å². The highest BCUT2D eigenvalue weighted by Crippen LogP contribution is 2.38. The van der Waals surface area contributed by atoms with E-state index in [1.165, 1.54) is 15.6 Å². The van der Waals surface area contributed by atoms with E-state index in [9.17, 15) is 8.42 Å². The first kappa shape index (κ1) is 14.0. The van der Waals surface area contributed by atoms with E-state index in [0.29, 0.717) is 4.90 Å². The van der Waals surface area contributed by atoms with Gasteiger partial charge in [-0.3, -0.25) is 0 Å². The molecule has 0 amide bonds. The minimum Gasteiger partial charge on any atom is -0.326 e. The summed E-state index contributed by atoms with van der Waals surface area (Å²) in [6.45, 7) is 0.256. The van der Waals surface area contributed by atoms with Crippen molar-refractivity contribution >= 4 is 31.4 Å². The van der Waals surface area contributed by atoms with Gasteiger partial charge in [0.1, 0.15) is 4.90 Å². The molecule has 3 rings (SSSR count). The molecule has 108 valence electrons. The first-order valence-corrected chi connectivity index (χ1v) is 9.00. The van der Waals surface area contributed by atoms with Crippen LogP contribution >= 0.6 is 11.3 Å². The third-order valence-electron chi connectivity index (χ3n) is 4.03. The summed E-state index contributed by atoms with van der Waals surface area (Å²) >= 11 is 1.47. The van der Waals surface area contributed by atoms with Crippen LogP contribution in [0.25, 0.3) is 10.1 Å². The van der Waals surface area contributed by atoms with Crippen LogP contribution in [-0.2, 0) is 16.6 Å². The second-order valence-electron chi connectivity index (χ2n) is 5.16. The lowest BCUT2D eigenvalue weighted by molar-refractivity contribution is 0.250. The van der Waals surface area contributed by atoms with Gasteiger partial charge in [-0.05, 0) is 18.9 Å². The summed E-state index contributed by atoms with van der Waals surface area (Å²) in [4.78, 5) is 1.16. The van der Waals surface area contributed by atoms with Crippen molar-refractivity contribution in [3.63, 3.8) is 0 Å². The van der Waals surface area contributed by atoms with Gasteiger partial charge < -0.3 is 5.73 Å². The van der Waals surface area contributed by atoms with Crippen molar-refractivity contribution in [2.24, 2.45) is 5.73 Å². The highest BCUT2D eigenvalue weighted by Gasteiger charge is 2.34. The highest BCUT2D eigenvalue weighted by atomic mass is 32.2. The molecule has 0 saturated heterocycles. The molecular formula is C14H18N2O2S2. The van der Waals surface area contributed by atoms with Crippen LogP contribution in [0, 0.1) is 0 Å². The Balaban J connectivity index is 2.17. The van der Waals surface area contributed by atoms with Gasteiger partial charge in [0.2, 0.25) is 10.0 Å². The number of hydrogen-bond acceptors (Lipinski definition) is 4. The molecule has 20 heavy (non-hydrogen) atoms. The van der Waals surface area contributed by atoms with Gasteiger partial charge in [-0.1, -0.05) is 24.6 Å². The van der Waals surface area contributed by atoms with E-state index in [2.05, 4.69) is 0 Å². The Labute approximate surface area is 123 Å². The molecule has 6 heteroatoms. The van der Waals surface area contributed by atoms with Crippen LogP contribution < -0.4 is 5.73 Å². The molecule has 0 atom stereocenters. The molecule has 1 heterocycles. The Morgan fingerprint density at radius 3 is 2.65 bits per heavy atom. The minimum absolute atomic E-state index is 0.143. The Bertz CT molecular complexity index is 733. The predicted molar refractivity (Wildman–Crippen MR) is 82.3 cm³/mol. The molecule has 0 bridgehead atoms. The summed E-state index contributed by atoms with van der Waals surface area (Å²) in [6, 6.07) is 7.75. The van der Waals surface area contributed by atoms with Crippen molar-refractivity contribution < 1.29 is 8.42 Å². The number of nitrogens with two attached hydrogens (primary N) is 1. The number of sulfonamides is 1. The average Bonchev–Trinajstić information content (AvgIpc) is 2.75. The second kappa shape index (κ2) is 5.11. The molecule has 1 saturated carbocycles. The normalized spacial score (nSPS) is 16.8. The van der Waals surface area contributed by atoms with E-state index in [1.807, 2.05) is 24.3 Å². The Morgan fingerprint density at radius 2 is 2.05 bits per heavy atom. The lowest BCUT2D eigenvalue weighted by Gasteiger charge is -2.33. The van der Waals surface area contributed by atoms with Crippen molar-refractivity contribution in [3.8, 4) is 0 Å². The number of hydrogen-bond donors (Lipinski definition) is 1. The molecule has 0 spiro atoms. The summed E-state index contributed by atoms with van der Waals surface area (Å²) < 4.78 is 28.3. The lowest BCUT2D eigenvalue weighted by Crippen LogP contribution is -2.41. The molecule has 1 fully saturated rings. The van der Waals surface area contributed by atoms with E-state index >= 15 is 0 Å². The molecule has 1 aliphatic carbocycles. The number of benzene rings is 1. The van der Waals surface area contributed by atoms with Crippen LogP contribution in [0.15, 0.2) is 29.2 Å². The summed E-state index contributed by atoms with van der Waals surface area (Å²) in [7, 11) is -1.77. The molecule has 1 aliphatic rings.